The Morgan fingerprint density at radius 1 is 1.46 bits per heavy atom. The number of thiazole rings is 1. The number of aliphatic hydroxyl groups is 1. The van der Waals surface area contributed by atoms with Crippen LogP contribution in [0.2, 0.25) is 0 Å². The smallest absolute Gasteiger partial charge is 0.395 e. The number of hydrogen-bond donors (Lipinski definition) is 2. The van der Waals surface area contributed by atoms with Crippen LogP contribution in [0.4, 0.5) is 13.2 Å². The Balaban J connectivity index is 2.38. The van der Waals surface area contributed by atoms with Gasteiger partial charge in [-0.3, -0.25) is 4.98 Å². The van der Waals surface area contributed by atoms with Gasteiger partial charge in [0.05, 0.1) is 23.2 Å². The van der Waals surface area contributed by atoms with Crippen LogP contribution in [0, 0.1) is 11.3 Å². The summed E-state index contributed by atoms with van der Waals surface area (Å²) in [4.78, 5) is 8.67. The molecule has 2 heterocycles. The molecule has 0 unspecified atom stereocenters. The lowest BCUT2D eigenvalue weighted by Crippen LogP contribution is -2.26. The first-order valence-corrected chi connectivity index (χ1v) is 8.50. The summed E-state index contributed by atoms with van der Waals surface area (Å²) in [5.74, 6) is 0. The third kappa shape index (κ3) is 4.45. The zero-order valence-electron chi connectivity index (χ0n) is 12.2. The van der Waals surface area contributed by atoms with Crippen molar-refractivity contribution >= 4 is 23.1 Å². The van der Waals surface area contributed by atoms with Crippen molar-refractivity contribution < 1.29 is 18.3 Å². The molecule has 0 bridgehead atoms. The van der Waals surface area contributed by atoms with Crippen LogP contribution in [-0.2, 0) is 6.18 Å². The Bertz CT molecular complexity index is 716. The largest absolute Gasteiger partial charge is 0.417 e. The Hall–Kier alpha value is -1.67. The second kappa shape index (κ2) is 7.94. The van der Waals surface area contributed by atoms with Gasteiger partial charge in [-0.1, -0.05) is 11.8 Å². The van der Waals surface area contributed by atoms with Crippen LogP contribution < -0.4 is 5.73 Å². The van der Waals surface area contributed by atoms with Crippen molar-refractivity contribution in [2.75, 3.05) is 6.61 Å². The number of alkyl halides is 3. The number of thioether (sulfide) groups is 1. The average molecular weight is 374 g/mol. The first-order chi connectivity index (χ1) is 11.4. The van der Waals surface area contributed by atoms with Crippen LogP contribution in [0.1, 0.15) is 27.7 Å². The van der Waals surface area contributed by atoms with Crippen LogP contribution >= 0.6 is 23.1 Å². The lowest BCUT2D eigenvalue weighted by molar-refractivity contribution is -0.138. The van der Waals surface area contributed by atoms with Crippen LogP contribution in [0.15, 0.2) is 29.0 Å². The summed E-state index contributed by atoms with van der Waals surface area (Å²) < 4.78 is 39.1. The lowest BCUT2D eigenvalue weighted by atomic mass is 10.1. The molecule has 24 heavy (non-hydrogen) atoms. The number of aromatic nitrogens is 2. The normalized spacial score (nSPS) is 14.2. The molecule has 0 saturated carbocycles. The SMILES string of the molecule is N#Cc1c(C(F)(F)F)ccnc1S[C@H](C[C@H](N)CO)c1cncs1. The molecule has 10 heteroatoms. The standard InChI is InChI=1S/C14H13F3N4OS2/c15-14(16,17)10-1-2-21-13(9(10)4-18)24-11(3-8(19)6-22)12-5-20-7-23-12/h1-2,5,7-8,11,22H,3,6,19H2/t8-,11+/m0/s1. The number of aliphatic hydroxyl groups excluding tert-OH is 1. The van der Waals surface area contributed by atoms with Crippen molar-refractivity contribution in [3.63, 3.8) is 0 Å². The van der Waals surface area contributed by atoms with Crippen LogP contribution in [0.5, 0.6) is 0 Å². The van der Waals surface area contributed by atoms with Gasteiger partial charge in [0.2, 0.25) is 0 Å². The Labute approximate surface area is 144 Å². The minimum atomic E-state index is -4.63. The molecule has 2 atom stereocenters. The molecule has 0 saturated heterocycles. The van der Waals surface area contributed by atoms with Crippen LogP contribution in [0.3, 0.4) is 0 Å². The van der Waals surface area contributed by atoms with Gasteiger partial charge in [-0.25, -0.2) is 4.98 Å². The molecule has 0 aliphatic rings. The predicted octanol–water partition coefficient (Wildman–Crippen LogP) is 2.97. The van der Waals surface area contributed by atoms with Gasteiger partial charge in [0.15, 0.2) is 0 Å². The summed E-state index contributed by atoms with van der Waals surface area (Å²) in [6, 6.07) is 1.83. The van der Waals surface area contributed by atoms with E-state index in [0.29, 0.717) is 6.42 Å². The molecule has 0 aliphatic heterocycles. The van der Waals surface area contributed by atoms with E-state index in [0.717, 1.165) is 28.9 Å². The minimum absolute atomic E-state index is 0.0177. The fourth-order valence-electron chi connectivity index (χ4n) is 1.97. The van der Waals surface area contributed by atoms with Crippen molar-refractivity contribution in [1.82, 2.24) is 9.97 Å². The number of nitriles is 1. The van der Waals surface area contributed by atoms with Gasteiger partial charge in [-0.15, -0.1) is 11.3 Å². The zero-order valence-corrected chi connectivity index (χ0v) is 13.8. The van der Waals surface area contributed by atoms with Crippen molar-refractivity contribution in [3.05, 3.63) is 40.0 Å². The topological polar surface area (TPSA) is 95.8 Å². The van der Waals surface area contributed by atoms with Gasteiger partial charge in [0.1, 0.15) is 11.1 Å². The number of nitrogens with zero attached hydrogens (tertiary/aromatic N) is 3. The lowest BCUT2D eigenvalue weighted by Gasteiger charge is -2.19. The first kappa shape index (κ1) is 18.7. The van der Waals surface area contributed by atoms with Crippen molar-refractivity contribution in [2.45, 2.75) is 28.9 Å². The van der Waals surface area contributed by atoms with E-state index in [1.54, 1.807) is 17.8 Å². The highest BCUT2D eigenvalue weighted by Crippen LogP contribution is 2.42. The van der Waals surface area contributed by atoms with Crippen molar-refractivity contribution in [1.29, 1.82) is 5.26 Å². The number of pyridine rings is 1. The molecule has 3 N–H and O–H groups in total. The third-order valence-corrected chi connectivity index (χ3v) is 5.41. The summed E-state index contributed by atoms with van der Waals surface area (Å²) in [6.07, 6.45) is -1.70. The van der Waals surface area contributed by atoms with E-state index in [9.17, 15) is 13.2 Å². The van der Waals surface area contributed by atoms with E-state index in [2.05, 4.69) is 9.97 Å². The van der Waals surface area contributed by atoms with E-state index >= 15 is 0 Å². The fraction of sp³-hybridized carbons (Fsp3) is 0.357. The monoisotopic (exact) mass is 374 g/mol. The fourth-order valence-corrected chi connectivity index (χ4v) is 4.08. The molecule has 0 amide bonds. The van der Waals surface area contributed by atoms with Gasteiger partial charge in [-0.2, -0.15) is 18.4 Å². The molecule has 0 radical (unpaired) electrons. The number of nitrogens with two attached hydrogens (primary N) is 1. The Morgan fingerprint density at radius 3 is 2.75 bits per heavy atom. The van der Waals surface area contributed by atoms with E-state index in [1.807, 2.05) is 0 Å². The molecule has 0 spiro atoms. The second-order valence-corrected chi connectivity index (χ2v) is 6.95. The van der Waals surface area contributed by atoms with Gasteiger partial charge < -0.3 is 10.8 Å². The van der Waals surface area contributed by atoms with Crippen molar-refractivity contribution in [3.8, 4) is 6.07 Å². The highest BCUT2D eigenvalue weighted by atomic mass is 32.2. The maximum absolute atomic E-state index is 13.0. The van der Waals surface area contributed by atoms with E-state index in [1.165, 1.54) is 11.3 Å². The minimum Gasteiger partial charge on any atom is -0.395 e. The highest BCUT2D eigenvalue weighted by molar-refractivity contribution is 7.99. The molecular formula is C14H13F3N4OS2. The van der Waals surface area contributed by atoms with Gasteiger partial charge in [-0.05, 0) is 12.5 Å². The van der Waals surface area contributed by atoms with Crippen LogP contribution in [0.25, 0.3) is 0 Å². The predicted molar refractivity (Wildman–Crippen MR) is 84.3 cm³/mol. The number of hydrogen-bond acceptors (Lipinski definition) is 7. The summed E-state index contributed by atoms with van der Waals surface area (Å²) >= 11 is 2.34. The molecule has 2 aromatic rings. The van der Waals surface area contributed by atoms with E-state index < -0.39 is 23.3 Å². The van der Waals surface area contributed by atoms with Gasteiger partial charge in [0.25, 0.3) is 0 Å². The second-order valence-electron chi connectivity index (χ2n) is 4.84. The molecule has 128 valence electrons. The molecule has 5 nitrogen and oxygen atoms in total. The molecule has 0 aliphatic carbocycles. The van der Waals surface area contributed by atoms with E-state index in [4.69, 9.17) is 16.1 Å². The van der Waals surface area contributed by atoms with Crippen LogP contribution in [-0.4, -0.2) is 27.7 Å². The molecule has 0 aromatic carbocycles. The first-order valence-electron chi connectivity index (χ1n) is 6.74. The highest BCUT2D eigenvalue weighted by Gasteiger charge is 2.35. The molecule has 0 fully saturated rings. The summed E-state index contributed by atoms with van der Waals surface area (Å²) in [5.41, 5.74) is 5.83. The number of rotatable bonds is 6. The summed E-state index contributed by atoms with van der Waals surface area (Å²) in [6.45, 7) is -0.253. The average Bonchev–Trinajstić information content (AvgIpc) is 3.07. The Morgan fingerprint density at radius 2 is 2.21 bits per heavy atom. The van der Waals surface area contributed by atoms with Gasteiger partial charge >= 0.3 is 6.18 Å². The number of halogens is 3. The quantitative estimate of drug-likeness (QED) is 0.755. The summed E-state index contributed by atoms with van der Waals surface area (Å²) in [5, 5.41) is 17.9. The van der Waals surface area contributed by atoms with E-state index in [-0.39, 0.29) is 16.9 Å². The maximum Gasteiger partial charge on any atom is 0.417 e. The van der Waals surface area contributed by atoms with Gasteiger partial charge in [0, 0.05) is 28.6 Å². The molecule has 2 aromatic heterocycles. The van der Waals surface area contributed by atoms with Crippen molar-refractivity contribution in [2.24, 2.45) is 5.73 Å². The molecular weight excluding hydrogens is 361 g/mol. The third-order valence-electron chi connectivity index (χ3n) is 3.11. The molecule has 2 rings (SSSR count). The Kier molecular flexibility index (Phi) is 6.17. The maximum atomic E-state index is 13.0. The summed E-state index contributed by atoms with van der Waals surface area (Å²) in [7, 11) is 0. The zero-order chi connectivity index (χ0) is 17.7.